The zero-order valence-corrected chi connectivity index (χ0v) is 25.0. The third kappa shape index (κ3) is 8.07. The topological polar surface area (TPSA) is 115 Å². The smallest absolute Gasteiger partial charge is 0.255 e. The van der Waals surface area contributed by atoms with Crippen molar-refractivity contribution in [2.45, 2.75) is 77.9 Å². The van der Waals surface area contributed by atoms with Crippen LogP contribution in [0.4, 0.5) is 10.2 Å². The summed E-state index contributed by atoms with van der Waals surface area (Å²) in [7, 11) is 0. The molecule has 0 spiro atoms. The van der Waals surface area contributed by atoms with Gasteiger partial charge in [-0.2, -0.15) is 9.37 Å². The molecule has 0 unspecified atom stereocenters. The number of aromatic nitrogens is 3. The summed E-state index contributed by atoms with van der Waals surface area (Å²) in [6.45, 7) is 9.70. The van der Waals surface area contributed by atoms with E-state index in [2.05, 4.69) is 15.0 Å². The standard InChI is InChI=1S/C30H37FN4O5S/c1-6-21(36)14-25-34-19(3)27(41-25)24(37)13-18(2)20-7-9-22(10-8-20)40-23-11-12-35(15-23)28-26(31)29(33-17-32-28)39-16-30(4,5)38/h7-10,17-18,23,38H,6,11-16H2,1-5H3/t18-,23-/m1/s1. The fourth-order valence-electron chi connectivity index (χ4n) is 4.56. The molecule has 1 aliphatic rings. The number of aryl methyl sites for hydroxylation is 1. The number of ketones is 2. The van der Waals surface area contributed by atoms with Crippen molar-refractivity contribution < 1.29 is 28.6 Å². The van der Waals surface area contributed by atoms with Crippen LogP contribution in [0.5, 0.6) is 11.6 Å². The molecule has 1 aliphatic heterocycles. The van der Waals surface area contributed by atoms with E-state index in [1.807, 2.05) is 45.0 Å². The average Bonchev–Trinajstić information content (AvgIpc) is 3.53. The minimum atomic E-state index is -1.12. The van der Waals surface area contributed by atoms with Gasteiger partial charge < -0.3 is 19.5 Å². The lowest BCUT2D eigenvalue weighted by Gasteiger charge is -2.21. The lowest BCUT2D eigenvalue weighted by atomic mass is 9.95. The molecule has 0 radical (unpaired) electrons. The normalized spacial score (nSPS) is 16.1. The molecule has 220 valence electrons. The number of anilines is 1. The van der Waals surface area contributed by atoms with E-state index in [1.54, 1.807) is 18.7 Å². The molecule has 1 N–H and O–H groups in total. The van der Waals surface area contributed by atoms with Crippen LogP contribution in [0, 0.1) is 12.7 Å². The Labute approximate surface area is 243 Å². The number of carbonyl (C=O) groups excluding carboxylic acids is 2. The zero-order chi connectivity index (χ0) is 29.7. The number of aliphatic hydroxyl groups is 1. The Hall–Kier alpha value is -3.44. The predicted octanol–water partition coefficient (Wildman–Crippen LogP) is 5.09. The van der Waals surface area contributed by atoms with E-state index < -0.39 is 11.4 Å². The Kier molecular flexibility index (Phi) is 9.70. The lowest BCUT2D eigenvalue weighted by molar-refractivity contribution is -0.118. The van der Waals surface area contributed by atoms with Gasteiger partial charge in [-0.3, -0.25) is 9.59 Å². The van der Waals surface area contributed by atoms with Crippen molar-refractivity contribution >= 4 is 28.7 Å². The van der Waals surface area contributed by atoms with Gasteiger partial charge in [-0.05, 0) is 44.4 Å². The summed E-state index contributed by atoms with van der Waals surface area (Å²) in [5.41, 5.74) is 0.581. The summed E-state index contributed by atoms with van der Waals surface area (Å²) >= 11 is 1.32. The number of nitrogens with zero attached hydrogens (tertiary/aromatic N) is 4. The molecule has 0 aliphatic carbocycles. The van der Waals surface area contributed by atoms with Crippen molar-refractivity contribution in [1.82, 2.24) is 15.0 Å². The van der Waals surface area contributed by atoms with Crippen molar-refractivity contribution in [1.29, 1.82) is 0 Å². The number of thiazole rings is 1. The summed E-state index contributed by atoms with van der Waals surface area (Å²) in [6.07, 6.45) is 2.86. The van der Waals surface area contributed by atoms with Crippen LogP contribution in [0.25, 0.3) is 0 Å². The van der Waals surface area contributed by atoms with Gasteiger partial charge in [0.15, 0.2) is 11.6 Å². The van der Waals surface area contributed by atoms with Crippen LogP contribution in [0.3, 0.4) is 0 Å². The molecule has 2 aromatic heterocycles. The van der Waals surface area contributed by atoms with Gasteiger partial charge in [0, 0.05) is 25.8 Å². The highest BCUT2D eigenvalue weighted by Crippen LogP contribution is 2.30. The monoisotopic (exact) mass is 584 g/mol. The third-order valence-electron chi connectivity index (χ3n) is 6.83. The maximum Gasteiger partial charge on any atom is 0.255 e. The first-order chi connectivity index (χ1) is 19.4. The van der Waals surface area contributed by atoms with Gasteiger partial charge >= 0.3 is 0 Å². The van der Waals surface area contributed by atoms with Crippen LogP contribution in [-0.4, -0.2) is 63.0 Å². The molecule has 0 saturated carbocycles. The van der Waals surface area contributed by atoms with E-state index in [9.17, 15) is 14.7 Å². The number of ether oxygens (including phenoxy) is 2. The first-order valence-corrected chi connectivity index (χ1v) is 14.6. The Morgan fingerprint density at radius 2 is 1.98 bits per heavy atom. The van der Waals surface area contributed by atoms with E-state index in [-0.39, 0.29) is 48.3 Å². The quantitative estimate of drug-likeness (QED) is 0.275. The minimum Gasteiger partial charge on any atom is -0.489 e. The predicted molar refractivity (Wildman–Crippen MR) is 155 cm³/mol. The molecule has 3 aromatic rings. The van der Waals surface area contributed by atoms with Gasteiger partial charge in [0.25, 0.3) is 5.88 Å². The summed E-state index contributed by atoms with van der Waals surface area (Å²) in [5.74, 6) is 0.119. The molecule has 2 atom stereocenters. The largest absolute Gasteiger partial charge is 0.489 e. The number of halogens is 1. The van der Waals surface area contributed by atoms with E-state index >= 15 is 4.39 Å². The Morgan fingerprint density at radius 1 is 1.24 bits per heavy atom. The van der Waals surface area contributed by atoms with Gasteiger partial charge in [-0.25, -0.2) is 9.97 Å². The lowest BCUT2D eigenvalue weighted by Crippen LogP contribution is -2.29. The second kappa shape index (κ2) is 13.0. The second-order valence-electron chi connectivity index (χ2n) is 11.1. The van der Waals surface area contributed by atoms with Gasteiger partial charge in [0.2, 0.25) is 5.82 Å². The molecule has 1 fully saturated rings. The SMILES string of the molecule is CCC(=O)Cc1nc(C)c(C(=O)C[C@@H](C)c2ccc(O[C@@H]3CCN(c4ncnc(OCC(C)(C)O)c4F)C3)cc2)s1. The van der Waals surface area contributed by atoms with E-state index in [0.717, 1.165) is 5.56 Å². The highest BCUT2D eigenvalue weighted by Gasteiger charge is 2.29. The number of benzene rings is 1. The van der Waals surface area contributed by atoms with Crippen LogP contribution in [-0.2, 0) is 11.2 Å². The highest BCUT2D eigenvalue weighted by atomic mass is 32.1. The minimum absolute atomic E-state index is 0.00527. The van der Waals surface area contributed by atoms with Crippen LogP contribution in [0.2, 0.25) is 0 Å². The molecule has 0 amide bonds. The molecular formula is C30H37FN4O5S. The summed E-state index contributed by atoms with van der Waals surface area (Å²) in [6, 6.07) is 7.70. The third-order valence-corrected chi connectivity index (χ3v) is 8.02. The molecule has 1 aromatic carbocycles. The molecule has 41 heavy (non-hydrogen) atoms. The molecular weight excluding hydrogens is 547 g/mol. The summed E-state index contributed by atoms with van der Waals surface area (Å²) < 4.78 is 26.5. The van der Waals surface area contributed by atoms with Crippen molar-refractivity contribution in [3.05, 3.63) is 57.6 Å². The Bertz CT molecular complexity index is 1370. The van der Waals surface area contributed by atoms with Crippen molar-refractivity contribution in [2.24, 2.45) is 0 Å². The Morgan fingerprint density at radius 3 is 2.66 bits per heavy atom. The number of Topliss-reactive ketones (excluding diaryl/α,β-unsaturated/α-hetero) is 2. The van der Waals surface area contributed by atoms with E-state index in [0.29, 0.717) is 53.7 Å². The van der Waals surface area contributed by atoms with Crippen LogP contribution in [0.15, 0.2) is 30.6 Å². The summed E-state index contributed by atoms with van der Waals surface area (Å²) in [5, 5.41) is 10.6. The number of hydrogen-bond donors (Lipinski definition) is 1. The van der Waals surface area contributed by atoms with Crippen molar-refractivity contribution in [3.8, 4) is 11.6 Å². The van der Waals surface area contributed by atoms with Gasteiger partial charge in [-0.15, -0.1) is 11.3 Å². The average molecular weight is 585 g/mol. The first kappa shape index (κ1) is 30.5. The molecule has 3 heterocycles. The van der Waals surface area contributed by atoms with Gasteiger partial charge in [-0.1, -0.05) is 26.0 Å². The number of carbonyl (C=O) groups is 2. The molecule has 0 bridgehead atoms. The summed E-state index contributed by atoms with van der Waals surface area (Å²) in [4.78, 5) is 39.6. The maximum absolute atomic E-state index is 15.0. The zero-order valence-electron chi connectivity index (χ0n) is 24.1. The van der Waals surface area contributed by atoms with Crippen LogP contribution < -0.4 is 14.4 Å². The van der Waals surface area contributed by atoms with Crippen LogP contribution >= 0.6 is 11.3 Å². The molecule has 11 heteroatoms. The second-order valence-corrected chi connectivity index (χ2v) is 12.2. The van der Waals surface area contributed by atoms with Gasteiger partial charge in [0.05, 0.1) is 29.1 Å². The fraction of sp³-hybridized carbons (Fsp3) is 0.500. The molecule has 1 saturated heterocycles. The van der Waals surface area contributed by atoms with Crippen LogP contribution in [0.1, 0.15) is 78.8 Å². The number of rotatable bonds is 13. The van der Waals surface area contributed by atoms with Crippen molar-refractivity contribution in [2.75, 3.05) is 24.6 Å². The van der Waals surface area contributed by atoms with Crippen molar-refractivity contribution in [3.63, 3.8) is 0 Å². The number of hydrogen-bond acceptors (Lipinski definition) is 10. The molecule has 4 rings (SSSR count). The van der Waals surface area contributed by atoms with Gasteiger partial charge in [0.1, 0.15) is 35.6 Å². The fourth-order valence-corrected chi connectivity index (χ4v) is 5.61. The first-order valence-electron chi connectivity index (χ1n) is 13.8. The van der Waals surface area contributed by atoms with E-state index in [4.69, 9.17) is 9.47 Å². The molecule has 9 nitrogen and oxygen atoms in total. The highest BCUT2D eigenvalue weighted by molar-refractivity contribution is 7.14. The Balaban J connectivity index is 1.32. The van der Waals surface area contributed by atoms with E-state index in [1.165, 1.54) is 17.7 Å². The maximum atomic E-state index is 15.0.